The summed E-state index contributed by atoms with van der Waals surface area (Å²) in [5.74, 6) is 0.541. The van der Waals surface area contributed by atoms with Gasteiger partial charge in [-0.3, -0.25) is 4.79 Å². The average molecular weight is 294 g/mol. The largest absolute Gasteiger partial charge is 0.369 e. The summed E-state index contributed by atoms with van der Waals surface area (Å²) in [6, 6.07) is 8.95. The van der Waals surface area contributed by atoms with Crippen molar-refractivity contribution in [1.82, 2.24) is 15.3 Å². The first-order valence-electron chi connectivity index (χ1n) is 6.66. The maximum absolute atomic E-state index is 11.9. The third-order valence-corrected chi connectivity index (χ3v) is 2.95. The Kier molecular flexibility index (Phi) is 5.25. The summed E-state index contributed by atoms with van der Waals surface area (Å²) in [5, 5.41) is 23.6. The first-order chi connectivity index (χ1) is 10.7. The van der Waals surface area contributed by atoms with Gasteiger partial charge in [0.2, 0.25) is 0 Å². The standard InChI is InChI=1S/C15H14N6O/c16-7-11-1-2-15(21-9-11)20-6-5-18-10-14(22)12-3-4-19-13(12)8-17/h1-4,9,18-19H,5-6,10H2,(H,20,21). The van der Waals surface area contributed by atoms with Gasteiger partial charge in [0.05, 0.1) is 17.7 Å². The van der Waals surface area contributed by atoms with E-state index in [0.29, 0.717) is 30.0 Å². The van der Waals surface area contributed by atoms with Crippen molar-refractivity contribution in [2.75, 3.05) is 25.0 Å². The van der Waals surface area contributed by atoms with Crippen molar-refractivity contribution >= 4 is 11.6 Å². The number of aromatic nitrogens is 2. The van der Waals surface area contributed by atoms with Gasteiger partial charge in [0.25, 0.3) is 0 Å². The molecule has 0 aliphatic rings. The van der Waals surface area contributed by atoms with Crippen LogP contribution < -0.4 is 10.6 Å². The lowest BCUT2D eigenvalue weighted by Gasteiger charge is -2.06. The molecule has 0 spiro atoms. The van der Waals surface area contributed by atoms with E-state index in [1.165, 1.54) is 6.20 Å². The third kappa shape index (κ3) is 3.92. The fourth-order valence-corrected chi connectivity index (χ4v) is 1.83. The number of anilines is 1. The molecule has 0 saturated heterocycles. The quantitative estimate of drug-likeness (QED) is 0.518. The molecule has 0 bridgehead atoms. The van der Waals surface area contributed by atoms with Gasteiger partial charge in [-0.1, -0.05) is 0 Å². The van der Waals surface area contributed by atoms with E-state index in [4.69, 9.17) is 10.5 Å². The number of carbonyl (C=O) groups excluding carboxylic acids is 1. The number of ketones is 1. The van der Waals surface area contributed by atoms with Crippen LogP contribution in [0.15, 0.2) is 30.6 Å². The number of hydrogen-bond donors (Lipinski definition) is 3. The van der Waals surface area contributed by atoms with Crippen LogP contribution in [0.1, 0.15) is 21.6 Å². The molecule has 0 fully saturated rings. The third-order valence-electron chi connectivity index (χ3n) is 2.95. The van der Waals surface area contributed by atoms with E-state index >= 15 is 0 Å². The predicted molar refractivity (Wildman–Crippen MR) is 80.1 cm³/mol. The van der Waals surface area contributed by atoms with E-state index in [9.17, 15) is 4.79 Å². The molecule has 0 aliphatic carbocycles. The lowest BCUT2D eigenvalue weighted by Crippen LogP contribution is -2.28. The van der Waals surface area contributed by atoms with Crippen molar-refractivity contribution in [3.05, 3.63) is 47.4 Å². The number of hydrogen-bond acceptors (Lipinski definition) is 6. The Balaban J connectivity index is 1.70. The molecule has 0 saturated carbocycles. The Bertz CT molecular complexity index is 720. The highest BCUT2D eigenvalue weighted by Crippen LogP contribution is 2.05. The Morgan fingerprint density at radius 3 is 2.77 bits per heavy atom. The second-order valence-electron chi connectivity index (χ2n) is 4.45. The second kappa shape index (κ2) is 7.58. The number of nitriles is 2. The van der Waals surface area contributed by atoms with Crippen molar-refractivity contribution in [3.63, 3.8) is 0 Å². The van der Waals surface area contributed by atoms with E-state index < -0.39 is 0 Å². The number of H-pyrrole nitrogens is 1. The summed E-state index contributed by atoms with van der Waals surface area (Å²) in [6.45, 7) is 1.32. The summed E-state index contributed by atoms with van der Waals surface area (Å²) >= 11 is 0. The van der Waals surface area contributed by atoms with Gasteiger partial charge < -0.3 is 15.6 Å². The highest BCUT2D eigenvalue weighted by molar-refractivity contribution is 5.99. The van der Waals surface area contributed by atoms with Gasteiger partial charge in [0.1, 0.15) is 23.7 Å². The van der Waals surface area contributed by atoms with Crippen molar-refractivity contribution in [2.45, 2.75) is 0 Å². The molecule has 0 unspecified atom stereocenters. The molecule has 3 N–H and O–H groups in total. The SMILES string of the molecule is N#Cc1ccc(NCCNCC(=O)c2cc[nH]c2C#N)nc1. The fourth-order valence-electron chi connectivity index (χ4n) is 1.83. The van der Waals surface area contributed by atoms with Crippen LogP contribution in [0.3, 0.4) is 0 Å². The second-order valence-corrected chi connectivity index (χ2v) is 4.45. The zero-order valence-electron chi connectivity index (χ0n) is 11.8. The topological polar surface area (TPSA) is 117 Å². The van der Waals surface area contributed by atoms with Gasteiger partial charge in [0.15, 0.2) is 5.78 Å². The molecule has 2 aromatic heterocycles. The summed E-state index contributed by atoms with van der Waals surface area (Å²) in [7, 11) is 0. The molecule has 7 heteroatoms. The summed E-state index contributed by atoms with van der Waals surface area (Å²) in [6.07, 6.45) is 3.07. The molecule has 2 rings (SSSR count). The van der Waals surface area contributed by atoms with E-state index in [0.717, 1.165) is 0 Å². The molecular weight excluding hydrogens is 280 g/mol. The average Bonchev–Trinajstić information content (AvgIpc) is 3.03. The van der Waals surface area contributed by atoms with Gasteiger partial charge in [0, 0.05) is 25.5 Å². The first-order valence-corrected chi connectivity index (χ1v) is 6.66. The van der Waals surface area contributed by atoms with E-state index in [2.05, 4.69) is 20.6 Å². The van der Waals surface area contributed by atoms with Crippen LogP contribution in [0, 0.1) is 22.7 Å². The minimum atomic E-state index is -0.130. The predicted octanol–water partition coefficient (Wildman–Crippen LogP) is 1.04. The van der Waals surface area contributed by atoms with E-state index in [1.54, 1.807) is 24.4 Å². The summed E-state index contributed by atoms with van der Waals surface area (Å²) in [4.78, 5) is 18.7. The monoisotopic (exact) mass is 294 g/mol. The van der Waals surface area contributed by atoms with Crippen LogP contribution in [-0.4, -0.2) is 35.4 Å². The van der Waals surface area contributed by atoms with Crippen molar-refractivity contribution < 1.29 is 4.79 Å². The zero-order valence-corrected chi connectivity index (χ0v) is 11.8. The normalized spacial score (nSPS) is 9.73. The van der Waals surface area contributed by atoms with Gasteiger partial charge in [-0.15, -0.1) is 0 Å². The number of nitrogens with one attached hydrogen (secondary N) is 3. The van der Waals surface area contributed by atoms with Gasteiger partial charge in [-0.25, -0.2) is 4.98 Å². The van der Waals surface area contributed by atoms with Crippen LogP contribution in [0.5, 0.6) is 0 Å². The number of Topliss-reactive ketones (excluding diaryl/α,β-unsaturated/α-hetero) is 1. The number of nitrogens with zero attached hydrogens (tertiary/aromatic N) is 3. The van der Waals surface area contributed by atoms with E-state index in [-0.39, 0.29) is 18.0 Å². The molecule has 0 radical (unpaired) electrons. The number of rotatable bonds is 7. The molecule has 0 amide bonds. The Morgan fingerprint density at radius 2 is 2.09 bits per heavy atom. The molecule has 2 heterocycles. The highest BCUT2D eigenvalue weighted by atomic mass is 16.1. The zero-order chi connectivity index (χ0) is 15.8. The maximum atomic E-state index is 11.9. The molecule has 0 aliphatic heterocycles. The maximum Gasteiger partial charge on any atom is 0.179 e. The molecule has 22 heavy (non-hydrogen) atoms. The summed E-state index contributed by atoms with van der Waals surface area (Å²) < 4.78 is 0. The molecule has 2 aromatic rings. The van der Waals surface area contributed by atoms with Crippen LogP contribution in [0.2, 0.25) is 0 Å². The van der Waals surface area contributed by atoms with Crippen molar-refractivity contribution in [1.29, 1.82) is 10.5 Å². The van der Waals surface area contributed by atoms with Gasteiger partial charge in [-0.2, -0.15) is 10.5 Å². The minimum Gasteiger partial charge on any atom is -0.369 e. The molecular formula is C15H14N6O. The van der Waals surface area contributed by atoms with Crippen LogP contribution in [-0.2, 0) is 0 Å². The summed E-state index contributed by atoms with van der Waals surface area (Å²) in [5.41, 5.74) is 1.19. The van der Waals surface area contributed by atoms with Crippen molar-refractivity contribution in [2.24, 2.45) is 0 Å². The smallest absolute Gasteiger partial charge is 0.179 e. The number of carbonyl (C=O) groups is 1. The van der Waals surface area contributed by atoms with Crippen molar-refractivity contribution in [3.8, 4) is 12.1 Å². The Morgan fingerprint density at radius 1 is 1.23 bits per heavy atom. The molecule has 0 atom stereocenters. The Hall–Kier alpha value is -3.16. The van der Waals surface area contributed by atoms with Crippen LogP contribution in [0.4, 0.5) is 5.82 Å². The van der Waals surface area contributed by atoms with Gasteiger partial charge in [-0.05, 0) is 18.2 Å². The lowest BCUT2D eigenvalue weighted by atomic mass is 10.1. The van der Waals surface area contributed by atoms with Crippen LogP contribution in [0.25, 0.3) is 0 Å². The van der Waals surface area contributed by atoms with Crippen LogP contribution >= 0.6 is 0 Å². The van der Waals surface area contributed by atoms with Gasteiger partial charge >= 0.3 is 0 Å². The number of aromatic amines is 1. The first kappa shape index (κ1) is 15.2. The lowest BCUT2D eigenvalue weighted by molar-refractivity contribution is 0.0991. The molecule has 0 aromatic carbocycles. The fraction of sp³-hybridized carbons (Fsp3) is 0.200. The number of pyridine rings is 1. The molecule has 110 valence electrons. The molecule has 7 nitrogen and oxygen atoms in total. The Labute approximate surface area is 127 Å². The highest BCUT2D eigenvalue weighted by Gasteiger charge is 2.11. The minimum absolute atomic E-state index is 0.130. The van der Waals surface area contributed by atoms with E-state index in [1.807, 2.05) is 12.1 Å².